The van der Waals surface area contributed by atoms with E-state index in [1.54, 1.807) is 4.90 Å². The maximum absolute atomic E-state index is 12.6. The number of likely N-dealkylation sites (tertiary alicyclic amines) is 1. The van der Waals surface area contributed by atoms with E-state index in [0.29, 0.717) is 19.6 Å². The van der Waals surface area contributed by atoms with Gasteiger partial charge < -0.3 is 19.9 Å². The van der Waals surface area contributed by atoms with E-state index in [-0.39, 0.29) is 18.6 Å². The van der Waals surface area contributed by atoms with E-state index in [1.807, 2.05) is 35.8 Å². The average molecular weight is 394 g/mol. The highest BCUT2D eigenvalue weighted by molar-refractivity contribution is 9.10. The number of halogens is 1. The van der Waals surface area contributed by atoms with Gasteiger partial charge in [-0.2, -0.15) is 0 Å². The van der Waals surface area contributed by atoms with Gasteiger partial charge in [-0.15, -0.1) is 0 Å². The lowest BCUT2D eigenvalue weighted by molar-refractivity contribution is -0.131. The molecule has 3 rings (SSSR count). The topological polar surface area (TPSA) is 77.6 Å². The number of primary amides is 1. The summed E-state index contributed by atoms with van der Waals surface area (Å²) in [6.45, 7) is 3.34. The highest BCUT2D eigenvalue weighted by Crippen LogP contribution is 2.30. The van der Waals surface area contributed by atoms with Gasteiger partial charge in [-0.05, 0) is 35.3 Å². The number of hydrogen-bond donors (Lipinski definition) is 1. The first-order chi connectivity index (χ1) is 11.5. The first-order valence-electron chi connectivity index (χ1n) is 7.88. The molecule has 1 fully saturated rings. The summed E-state index contributed by atoms with van der Waals surface area (Å²) in [5, 5.41) is 1.10. The Morgan fingerprint density at radius 1 is 1.38 bits per heavy atom. The standard InChI is InChI=1S/C17H20BrN3O3/c1-11-17(18)13-4-2-3-5-14(13)21(11)9-16(23)20-7-6-12(8-20)24-10-15(19)22/h2-5,12H,6-10H2,1H3,(H2,19,22)/t12-/m1/s1. The Bertz CT molecular complexity index is 787. The van der Waals surface area contributed by atoms with Crippen LogP contribution in [0.15, 0.2) is 28.7 Å². The van der Waals surface area contributed by atoms with Gasteiger partial charge in [0.15, 0.2) is 0 Å². The van der Waals surface area contributed by atoms with E-state index in [2.05, 4.69) is 15.9 Å². The minimum absolute atomic E-state index is 0.0523. The predicted molar refractivity (Wildman–Crippen MR) is 94.5 cm³/mol. The van der Waals surface area contributed by atoms with Gasteiger partial charge in [0, 0.05) is 34.2 Å². The summed E-state index contributed by atoms with van der Waals surface area (Å²) in [7, 11) is 0. The maximum Gasteiger partial charge on any atom is 0.243 e. The van der Waals surface area contributed by atoms with Crippen molar-refractivity contribution in [3.8, 4) is 0 Å². The molecule has 1 aliphatic rings. The monoisotopic (exact) mass is 393 g/mol. The molecule has 0 radical (unpaired) electrons. The van der Waals surface area contributed by atoms with Crippen molar-refractivity contribution in [2.45, 2.75) is 26.0 Å². The summed E-state index contributed by atoms with van der Waals surface area (Å²) in [5.41, 5.74) is 7.16. The van der Waals surface area contributed by atoms with E-state index >= 15 is 0 Å². The molecule has 6 nitrogen and oxygen atoms in total. The van der Waals surface area contributed by atoms with E-state index in [9.17, 15) is 9.59 Å². The zero-order valence-electron chi connectivity index (χ0n) is 13.5. The number of nitrogens with two attached hydrogens (primary N) is 1. The molecule has 0 bridgehead atoms. The minimum Gasteiger partial charge on any atom is -0.368 e. The quantitative estimate of drug-likeness (QED) is 0.841. The molecule has 1 saturated heterocycles. The highest BCUT2D eigenvalue weighted by Gasteiger charge is 2.27. The van der Waals surface area contributed by atoms with Crippen molar-refractivity contribution in [2.24, 2.45) is 5.73 Å². The molecule has 2 amide bonds. The molecule has 1 aromatic carbocycles. The fourth-order valence-electron chi connectivity index (χ4n) is 3.12. The largest absolute Gasteiger partial charge is 0.368 e. The van der Waals surface area contributed by atoms with E-state index in [4.69, 9.17) is 10.5 Å². The Labute approximate surface area is 148 Å². The molecule has 0 saturated carbocycles. The number of ether oxygens (including phenoxy) is 1. The smallest absolute Gasteiger partial charge is 0.243 e. The lowest BCUT2D eigenvalue weighted by Crippen LogP contribution is -2.33. The van der Waals surface area contributed by atoms with Crippen LogP contribution in [-0.2, 0) is 20.9 Å². The number of amides is 2. The number of hydrogen-bond acceptors (Lipinski definition) is 3. The second-order valence-corrected chi connectivity index (χ2v) is 6.82. The SMILES string of the molecule is Cc1c(Br)c2ccccc2n1CC(=O)N1CC[C@@H](OCC(N)=O)C1. The van der Waals surface area contributed by atoms with Crippen molar-refractivity contribution in [3.63, 3.8) is 0 Å². The van der Waals surface area contributed by atoms with Crippen LogP contribution in [0.4, 0.5) is 0 Å². The van der Waals surface area contributed by atoms with Crippen molar-refractivity contribution in [2.75, 3.05) is 19.7 Å². The van der Waals surface area contributed by atoms with E-state index in [1.165, 1.54) is 0 Å². The molecule has 1 aliphatic heterocycles. The number of carbonyl (C=O) groups excluding carboxylic acids is 2. The molecule has 128 valence electrons. The van der Waals surface area contributed by atoms with Crippen molar-refractivity contribution in [1.82, 2.24) is 9.47 Å². The number of fused-ring (bicyclic) bond motifs is 1. The first-order valence-corrected chi connectivity index (χ1v) is 8.67. The predicted octanol–water partition coefficient (Wildman–Crippen LogP) is 1.82. The summed E-state index contributed by atoms with van der Waals surface area (Å²) in [5.74, 6) is -0.435. The molecule has 2 N–H and O–H groups in total. The second kappa shape index (κ2) is 6.94. The number of carbonyl (C=O) groups is 2. The molecule has 0 unspecified atom stereocenters. The molecular weight excluding hydrogens is 374 g/mol. The van der Waals surface area contributed by atoms with Crippen LogP contribution in [0.1, 0.15) is 12.1 Å². The summed E-state index contributed by atoms with van der Waals surface area (Å²) >= 11 is 3.61. The lowest BCUT2D eigenvalue weighted by Gasteiger charge is -2.18. The Hall–Kier alpha value is -1.86. The molecule has 2 aromatic rings. The lowest BCUT2D eigenvalue weighted by atomic mass is 10.2. The van der Waals surface area contributed by atoms with Crippen molar-refractivity contribution < 1.29 is 14.3 Å². The van der Waals surface area contributed by atoms with Crippen LogP contribution in [0.2, 0.25) is 0 Å². The van der Waals surface area contributed by atoms with Crippen LogP contribution in [-0.4, -0.2) is 47.1 Å². The van der Waals surface area contributed by atoms with Crippen LogP contribution >= 0.6 is 15.9 Å². The second-order valence-electron chi connectivity index (χ2n) is 6.03. The summed E-state index contributed by atoms with van der Waals surface area (Å²) in [6.07, 6.45) is 0.615. The number of para-hydroxylation sites is 1. The summed E-state index contributed by atoms with van der Waals surface area (Å²) < 4.78 is 8.46. The molecule has 1 atom stereocenters. The van der Waals surface area contributed by atoms with Crippen LogP contribution in [0.5, 0.6) is 0 Å². The maximum atomic E-state index is 12.6. The zero-order valence-corrected chi connectivity index (χ0v) is 15.1. The fraction of sp³-hybridized carbons (Fsp3) is 0.412. The Balaban J connectivity index is 1.70. The fourth-order valence-corrected chi connectivity index (χ4v) is 3.67. The van der Waals surface area contributed by atoms with E-state index < -0.39 is 5.91 Å². The van der Waals surface area contributed by atoms with Crippen LogP contribution in [0.3, 0.4) is 0 Å². The highest BCUT2D eigenvalue weighted by atomic mass is 79.9. The first kappa shape index (κ1) is 17.0. The minimum atomic E-state index is -0.487. The van der Waals surface area contributed by atoms with Gasteiger partial charge in [-0.25, -0.2) is 0 Å². The molecular formula is C17H20BrN3O3. The van der Waals surface area contributed by atoms with E-state index in [0.717, 1.165) is 27.5 Å². The Morgan fingerprint density at radius 3 is 2.88 bits per heavy atom. The number of nitrogens with zero attached hydrogens (tertiary/aromatic N) is 2. The molecule has 0 aliphatic carbocycles. The van der Waals surface area contributed by atoms with Gasteiger partial charge in [-0.1, -0.05) is 18.2 Å². The zero-order chi connectivity index (χ0) is 17.3. The van der Waals surface area contributed by atoms with Crippen molar-refractivity contribution in [3.05, 3.63) is 34.4 Å². The summed E-state index contributed by atoms with van der Waals surface area (Å²) in [4.78, 5) is 25.2. The molecule has 24 heavy (non-hydrogen) atoms. The van der Waals surface area contributed by atoms with Crippen LogP contribution in [0.25, 0.3) is 10.9 Å². The normalized spacial score (nSPS) is 17.6. The molecule has 7 heteroatoms. The third-order valence-corrected chi connectivity index (χ3v) is 5.41. The third kappa shape index (κ3) is 3.32. The molecule has 1 aromatic heterocycles. The van der Waals surface area contributed by atoms with Gasteiger partial charge in [0.1, 0.15) is 13.2 Å². The number of aromatic nitrogens is 1. The number of rotatable bonds is 5. The third-order valence-electron chi connectivity index (χ3n) is 4.41. The van der Waals surface area contributed by atoms with Gasteiger partial charge >= 0.3 is 0 Å². The van der Waals surface area contributed by atoms with Crippen molar-refractivity contribution >= 4 is 38.6 Å². The Kier molecular flexibility index (Phi) is 4.91. The van der Waals surface area contributed by atoms with Gasteiger partial charge in [-0.3, -0.25) is 9.59 Å². The van der Waals surface area contributed by atoms with Crippen LogP contribution in [0, 0.1) is 6.92 Å². The molecule has 0 spiro atoms. The van der Waals surface area contributed by atoms with Gasteiger partial charge in [0.05, 0.1) is 6.10 Å². The average Bonchev–Trinajstić information content (AvgIpc) is 3.13. The van der Waals surface area contributed by atoms with Gasteiger partial charge in [0.25, 0.3) is 0 Å². The van der Waals surface area contributed by atoms with Crippen LogP contribution < -0.4 is 5.73 Å². The molecule has 2 heterocycles. The van der Waals surface area contributed by atoms with Gasteiger partial charge in [0.2, 0.25) is 11.8 Å². The Morgan fingerprint density at radius 2 is 2.12 bits per heavy atom. The van der Waals surface area contributed by atoms with Crippen molar-refractivity contribution in [1.29, 1.82) is 0 Å². The summed E-state index contributed by atoms with van der Waals surface area (Å²) in [6, 6.07) is 8.01. The number of benzene rings is 1.